The maximum absolute atomic E-state index is 5.09. The van der Waals surface area contributed by atoms with E-state index in [9.17, 15) is 0 Å². The molecule has 8 heterocycles. The molecule has 0 spiro atoms. The molecular formula is C59H99N11OS2. The highest BCUT2D eigenvalue weighted by atomic mass is 32.1. The van der Waals surface area contributed by atoms with Gasteiger partial charge in [0.15, 0.2) is 5.89 Å². The first kappa shape index (κ1) is 67.7. The van der Waals surface area contributed by atoms with Crippen molar-refractivity contribution in [1.29, 1.82) is 0 Å². The molecule has 73 heavy (non-hydrogen) atoms. The summed E-state index contributed by atoms with van der Waals surface area (Å²) in [5.41, 5.74) is 4.12. The van der Waals surface area contributed by atoms with Gasteiger partial charge in [-0.3, -0.25) is 5.10 Å². The smallest absolute Gasteiger partial charge is 0.199 e. The minimum absolute atomic E-state index is 0. The van der Waals surface area contributed by atoms with E-state index in [1.54, 1.807) is 41.3 Å². The molecule has 12 nitrogen and oxygen atoms in total. The van der Waals surface area contributed by atoms with Crippen LogP contribution in [0.3, 0.4) is 0 Å². The summed E-state index contributed by atoms with van der Waals surface area (Å²) in [7, 11) is 0. The Balaban J connectivity index is 0.000000810. The minimum Gasteiger partial charge on any atom is -0.448 e. The van der Waals surface area contributed by atoms with Gasteiger partial charge in [-0.05, 0) is 57.2 Å². The van der Waals surface area contributed by atoms with Gasteiger partial charge in [0, 0.05) is 115 Å². The molecule has 8 aromatic rings. The highest BCUT2D eigenvalue weighted by Crippen LogP contribution is 2.25. The van der Waals surface area contributed by atoms with E-state index >= 15 is 0 Å². The topological polar surface area (TPSA) is 159 Å². The molecule has 0 aliphatic carbocycles. The van der Waals surface area contributed by atoms with Crippen molar-refractivity contribution in [1.82, 2.24) is 54.6 Å². The number of hydrogen-bond acceptors (Lipinski definition) is 9. The van der Waals surface area contributed by atoms with Crippen LogP contribution < -0.4 is 0 Å². The molecule has 0 fully saturated rings. The Hall–Kier alpha value is -5.34. The number of nitrogens with zero attached hydrogens (tertiary/aromatic N) is 7. The molecule has 0 aromatic carbocycles. The van der Waals surface area contributed by atoms with Crippen molar-refractivity contribution < 1.29 is 4.42 Å². The summed E-state index contributed by atoms with van der Waals surface area (Å²) in [5.74, 6) is 2.77. The molecule has 14 heteroatoms. The molecule has 0 unspecified atom stereocenters. The van der Waals surface area contributed by atoms with E-state index in [1.165, 1.54) is 27.7 Å². The lowest BCUT2D eigenvalue weighted by atomic mass is 9.93. The molecule has 0 saturated carbocycles. The van der Waals surface area contributed by atoms with E-state index in [1.807, 2.05) is 66.0 Å². The molecule has 0 aliphatic heterocycles. The maximum atomic E-state index is 5.09. The molecule has 8 aromatic heterocycles. The Kier molecular flexibility index (Phi) is 27.4. The van der Waals surface area contributed by atoms with Crippen molar-refractivity contribution in [3.05, 3.63) is 154 Å². The first-order valence-corrected chi connectivity index (χ1v) is 26.6. The number of oxazole rings is 1. The van der Waals surface area contributed by atoms with Crippen molar-refractivity contribution in [2.75, 3.05) is 0 Å². The van der Waals surface area contributed by atoms with Gasteiger partial charge >= 0.3 is 0 Å². The molecule has 4 N–H and O–H groups in total. The Bertz CT molecular complexity index is 1900. The standard InChI is InChI=1S/3C8H13N.C7H12N2.C7H11NO.2C7H11NS.C6H11N3.CH4/c1-8(2,3)9-6-4-5-7-9;2*1-8(2,3)7-5-4-6-9-7;4*1-7(2,3)6-8-4-5-9-6;1-6(2,3)5-7-4-8-9-5;/h4-7H,1-3H3;2*4-6,9H,1-3H3;4-5H,1-3H3,(H,8,9);3*4-5H,1-3H3;4H,1-3H3,(H,7,8,9);1H4. The van der Waals surface area contributed by atoms with Crippen molar-refractivity contribution in [3.8, 4) is 0 Å². The third kappa shape index (κ3) is 28.6. The SMILES string of the molecule is C.CC(C)(C)c1ccc[nH]1.CC(C)(C)c1ccc[nH]1.CC(C)(C)c1ncc[nH]1.CC(C)(C)c1ncco1.CC(C)(C)c1nccs1.CC(C)(C)c1nccs1.CC(C)(C)c1ncn[nH]1.CC(C)(C)n1cccc1. The first-order chi connectivity index (χ1) is 32.8. The van der Waals surface area contributed by atoms with Gasteiger partial charge < -0.3 is 23.9 Å². The van der Waals surface area contributed by atoms with E-state index in [2.05, 4.69) is 245 Å². The highest BCUT2D eigenvalue weighted by Gasteiger charge is 2.19. The largest absolute Gasteiger partial charge is 0.448 e. The minimum atomic E-state index is 0. The monoisotopic (exact) mass is 1040 g/mol. The van der Waals surface area contributed by atoms with Gasteiger partial charge in [-0.1, -0.05) is 153 Å². The predicted octanol–water partition coefficient (Wildman–Crippen LogP) is 17.2. The van der Waals surface area contributed by atoms with Gasteiger partial charge in [-0.15, -0.1) is 22.7 Å². The van der Waals surface area contributed by atoms with Crippen molar-refractivity contribution >= 4 is 22.7 Å². The second-order valence-electron chi connectivity index (χ2n) is 25.5. The number of nitrogens with one attached hydrogen (secondary N) is 4. The predicted molar refractivity (Wildman–Crippen MR) is 314 cm³/mol. The first-order valence-electron chi connectivity index (χ1n) is 24.8. The van der Waals surface area contributed by atoms with Crippen LogP contribution in [0.2, 0.25) is 0 Å². The van der Waals surface area contributed by atoms with Gasteiger partial charge in [0.2, 0.25) is 0 Å². The summed E-state index contributed by atoms with van der Waals surface area (Å²) in [5, 5.41) is 13.0. The third-order valence-corrected chi connectivity index (χ3v) is 12.1. The van der Waals surface area contributed by atoms with E-state index in [0.29, 0.717) is 0 Å². The van der Waals surface area contributed by atoms with Crippen LogP contribution in [0.5, 0.6) is 0 Å². The lowest BCUT2D eigenvalue weighted by Gasteiger charge is -2.20. The summed E-state index contributed by atoms with van der Waals surface area (Å²) in [6, 6.07) is 12.4. The fraction of sp³-hybridized carbons (Fsp3) is 0.559. The van der Waals surface area contributed by atoms with Crippen molar-refractivity contribution in [3.63, 3.8) is 0 Å². The zero-order chi connectivity index (χ0) is 55.2. The lowest BCUT2D eigenvalue weighted by molar-refractivity contribution is 0.392. The number of rotatable bonds is 0. The van der Waals surface area contributed by atoms with Crippen LogP contribution in [0, 0.1) is 0 Å². The number of aromatic nitrogens is 11. The highest BCUT2D eigenvalue weighted by molar-refractivity contribution is 7.10. The van der Waals surface area contributed by atoms with E-state index in [0.717, 1.165) is 17.5 Å². The second-order valence-corrected chi connectivity index (χ2v) is 27.3. The van der Waals surface area contributed by atoms with E-state index in [4.69, 9.17) is 4.42 Å². The van der Waals surface area contributed by atoms with Crippen molar-refractivity contribution in [2.45, 2.75) is 217 Å². The van der Waals surface area contributed by atoms with Crippen LogP contribution in [0.4, 0.5) is 0 Å². The zero-order valence-corrected chi connectivity index (χ0v) is 50.5. The summed E-state index contributed by atoms with van der Waals surface area (Å²) >= 11 is 3.44. The molecule has 408 valence electrons. The summed E-state index contributed by atoms with van der Waals surface area (Å²) in [6.07, 6.45) is 20.2. The molecular weight excluding hydrogens is 943 g/mol. The van der Waals surface area contributed by atoms with Crippen LogP contribution in [0.25, 0.3) is 0 Å². The lowest BCUT2D eigenvalue weighted by Crippen LogP contribution is -2.19. The molecule has 0 saturated heterocycles. The second kappa shape index (κ2) is 29.5. The molecule has 8 rings (SSSR count). The average Bonchev–Trinajstić information content (AvgIpc) is 4.13. The summed E-state index contributed by atoms with van der Waals surface area (Å²) in [4.78, 5) is 30.0. The van der Waals surface area contributed by atoms with Crippen LogP contribution in [-0.2, 0) is 43.4 Å². The molecule has 0 amide bonds. The van der Waals surface area contributed by atoms with Gasteiger partial charge in [-0.2, -0.15) is 5.10 Å². The number of hydrogen-bond donors (Lipinski definition) is 4. The molecule has 0 atom stereocenters. The number of thiazole rings is 2. The Morgan fingerprint density at radius 1 is 0.438 bits per heavy atom. The zero-order valence-electron chi connectivity index (χ0n) is 48.8. The van der Waals surface area contributed by atoms with E-state index < -0.39 is 0 Å². The average molecular weight is 1040 g/mol. The number of aromatic amines is 4. The van der Waals surface area contributed by atoms with Gasteiger partial charge in [0.25, 0.3) is 0 Å². The van der Waals surface area contributed by atoms with Gasteiger partial charge in [0.05, 0.1) is 16.2 Å². The summed E-state index contributed by atoms with van der Waals surface area (Å²) in [6.45, 7) is 51.6. The van der Waals surface area contributed by atoms with Gasteiger partial charge in [0.1, 0.15) is 24.2 Å². The maximum Gasteiger partial charge on any atom is 0.199 e. The van der Waals surface area contributed by atoms with Gasteiger partial charge in [-0.25, -0.2) is 24.9 Å². The fourth-order valence-corrected chi connectivity index (χ4v) is 6.85. The van der Waals surface area contributed by atoms with Crippen LogP contribution in [0.15, 0.2) is 120 Å². The van der Waals surface area contributed by atoms with Crippen LogP contribution in [-0.4, -0.2) is 54.6 Å². The third-order valence-electron chi connectivity index (χ3n) is 9.75. The summed E-state index contributed by atoms with van der Waals surface area (Å²) < 4.78 is 7.27. The van der Waals surface area contributed by atoms with E-state index in [-0.39, 0.29) is 50.9 Å². The Morgan fingerprint density at radius 2 is 0.890 bits per heavy atom. The van der Waals surface area contributed by atoms with Crippen LogP contribution >= 0.6 is 22.7 Å². The molecule has 0 radical (unpaired) electrons. The quantitative estimate of drug-likeness (QED) is 0.118. The van der Waals surface area contributed by atoms with Crippen LogP contribution in [0.1, 0.15) is 213 Å². The van der Waals surface area contributed by atoms with Crippen molar-refractivity contribution in [2.24, 2.45) is 0 Å². The Morgan fingerprint density at radius 3 is 1.05 bits per heavy atom. The number of H-pyrrole nitrogens is 4. The Labute approximate surface area is 451 Å². The number of imidazole rings is 1. The molecule has 0 bridgehead atoms. The fourth-order valence-electron chi connectivity index (χ4n) is 5.40. The molecule has 0 aliphatic rings. The normalized spacial score (nSPS) is 11.7.